The number of benzene rings is 1. The number of nitrogens with zero attached hydrogens (tertiary/aromatic N) is 1. The smallest absolute Gasteiger partial charge is 0.262 e. The summed E-state index contributed by atoms with van der Waals surface area (Å²) in [5.41, 5.74) is 1.27. The first-order valence-corrected chi connectivity index (χ1v) is 9.09. The third-order valence-electron chi connectivity index (χ3n) is 4.53. The Bertz CT molecular complexity index is 1020. The highest BCUT2D eigenvalue weighted by molar-refractivity contribution is 5.94. The molecule has 0 atom stereocenters. The van der Waals surface area contributed by atoms with Gasteiger partial charge in [-0.3, -0.25) is 14.5 Å². The van der Waals surface area contributed by atoms with Crippen molar-refractivity contribution in [2.75, 3.05) is 38.2 Å². The lowest BCUT2D eigenvalue weighted by atomic mass is 10.2. The molecule has 8 heteroatoms. The molecule has 3 heterocycles. The van der Waals surface area contributed by atoms with Crippen molar-refractivity contribution in [1.82, 2.24) is 9.88 Å². The van der Waals surface area contributed by atoms with Crippen LogP contribution < -0.4 is 15.5 Å². The van der Waals surface area contributed by atoms with E-state index in [2.05, 4.69) is 15.2 Å². The SMILES string of the molecule is O=C(COc1coc(CN2CCOCC2)cc1=O)Nc1ccc2cc[nH]c2c1. The van der Waals surface area contributed by atoms with Crippen molar-refractivity contribution >= 4 is 22.5 Å². The molecule has 4 rings (SSSR count). The van der Waals surface area contributed by atoms with E-state index in [-0.39, 0.29) is 23.7 Å². The first kappa shape index (κ1) is 18.3. The minimum atomic E-state index is -0.359. The number of ether oxygens (including phenoxy) is 2. The fourth-order valence-electron chi connectivity index (χ4n) is 3.07. The number of morpholine rings is 1. The normalized spacial score (nSPS) is 14.9. The molecule has 1 saturated heterocycles. The zero-order chi connectivity index (χ0) is 19.3. The summed E-state index contributed by atoms with van der Waals surface area (Å²) in [6.45, 7) is 3.22. The lowest BCUT2D eigenvalue weighted by Crippen LogP contribution is -2.35. The number of anilines is 1. The van der Waals surface area contributed by atoms with E-state index in [0.717, 1.165) is 24.0 Å². The van der Waals surface area contributed by atoms with Gasteiger partial charge in [-0.25, -0.2) is 0 Å². The van der Waals surface area contributed by atoms with Crippen molar-refractivity contribution in [1.29, 1.82) is 0 Å². The van der Waals surface area contributed by atoms with E-state index < -0.39 is 0 Å². The minimum absolute atomic E-state index is 0.0145. The number of amides is 1. The second-order valence-corrected chi connectivity index (χ2v) is 6.58. The molecule has 0 unspecified atom stereocenters. The van der Waals surface area contributed by atoms with Crippen LogP contribution in [0.25, 0.3) is 10.9 Å². The predicted molar refractivity (Wildman–Crippen MR) is 103 cm³/mol. The second kappa shape index (κ2) is 8.28. The number of carbonyl (C=O) groups excluding carboxylic acids is 1. The van der Waals surface area contributed by atoms with Crippen molar-refractivity contribution < 1.29 is 18.7 Å². The van der Waals surface area contributed by atoms with Gasteiger partial charge >= 0.3 is 0 Å². The van der Waals surface area contributed by atoms with Gasteiger partial charge in [0.25, 0.3) is 5.91 Å². The Kier molecular flexibility index (Phi) is 5.41. The summed E-state index contributed by atoms with van der Waals surface area (Å²) >= 11 is 0. The van der Waals surface area contributed by atoms with Gasteiger partial charge in [-0.2, -0.15) is 0 Å². The van der Waals surface area contributed by atoms with Gasteiger partial charge in [-0.05, 0) is 23.6 Å². The number of aromatic amines is 1. The first-order chi connectivity index (χ1) is 13.7. The molecule has 0 saturated carbocycles. The van der Waals surface area contributed by atoms with Crippen LogP contribution in [0.3, 0.4) is 0 Å². The highest BCUT2D eigenvalue weighted by atomic mass is 16.5. The van der Waals surface area contributed by atoms with E-state index in [0.29, 0.717) is 31.2 Å². The maximum absolute atomic E-state index is 12.2. The molecule has 0 aliphatic carbocycles. The topological polar surface area (TPSA) is 96.8 Å². The monoisotopic (exact) mass is 383 g/mol. The molecule has 0 bridgehead atoms. The van der Waals surface area contributed by atoms with Gasteiger partial charge in [0.1, 0.15) is 12.0 Å². The molecule has 1 aromatic carbocycles. The lowest BCUT2D eigenvalue weighted by Gasteiger charge is -2.25. The number of rotatable bonds is 6. The third-order valence-corrected chi connectivity index (χ3v) is 4.53. The van der Waals surface area contributed by atoms with Crippen LogP contribution in [0, 0.1) is 0 Å². The third kappa shape index (κ3) is 4.41. The fourth-order valence-corrected chi connectivity index (χ4v) is 3.07. The van der Waals surface area contributed by atoms with E-state index in [1.54, 1.807) is 0 Å². The lowest BCUT2D eigenvalue weighted by molar-refractivity contribution is -0.118. The van der Waals surface area contributed by atoms with Crippen molar-refractivity contribution in [2.24, 2.45) is 0 Å². The number of H-pyrrole nitrogens is 1. The minimum Gasteiger partial charge on any atom is -0.477 e. The van der Waals surface area contributed by atoms with E-state index in [1.807, 2.05) is 30.5 Å². The molecule has 0 spiro atoms. The summed E-state index contributed by atoms with van der Waals surface area (Å²) in [7, 11) is 0. The highest BCUT2D eigenvalue weighted by Gasteiger charge is 2.14. The van der Waals surface area contributed by atoms with Crippen LogP contribution in [0.5, 0.6) is 5.75 Å². The van der Waals surface area contributed by atoms with Crippen molar-refractivity contribution in [3.8, 4) is 5.75 Å². The number of aromatic nitrogens is 1. The molecular weight excluding hydrogens is 362 g/mol. The number of fused-ring (bicyclic) bond motifs is 1. The largest absolute Gasteiger partial charge is 0.477 e. The van der Waals surface area contributed by atoms with E-state index in [1.165, 1.54) is 12.3 Å². The van der Waals surface area contributed by atoms with Crippen LogP contribution in [-0.2, 0) is 16.1 Å². The Morgan fingerprint density at radius 2 is 2.07 bits per heavy atom. The van der Waals surface area contributed by atoms with Gasteiger partial charge in [-0.15, -0.1) is 0 Å². The highest BCUT2D eigenvalue weighted by Crippen LogP contribution is 2.17. The molecule has 1 aliphatic heterocycles. The Balaban J connectivity index is 1.32. The number of hydrogen-bond acceptors (Lipinski definition) is 6. The molecule has 1 fully saturated rings. The van der Waals surface area contributed by atoms with Crippen LogP contribution >= 0.6 is 0 Å². The molecule has 28 heavy (non-hydrogen) atoms. The maximum Gasteiger partial charge on any atom is 0.262 e. The number of nitrogens with one attached hydrogen (secondary N) is 2. The zero-order valence-corrected chi connectivity index (χ0v) is 15.3. The standard InChI is InChI=1S/C20H21N3O5/c24-18-10-16(11-23-5-7-26-8-6-23)27-12-19(18)28-13-20(25)22-15-2-1-14-3-4-21-17(14)9-15/h1-4,9-10,12,21H,5-8,11,13H2,(H,22,25). The summed E-state index contributed by atoms with van der Waals surface area (Å²) in [6.07, 6.45) is 3.09. The molecule has 1 aliphatic rings. The Morgan fingerprint density at radius 3 is 2.89 bits per heavy atom. The van der Waals surface area contributed by atoms with Crippen molar-refractivity contribution in [3.05, 3.63) is 58.8 Å². The van der Waals surface area contributed by atoms with Gasteiger partial charge < -0.3 is 24.2 Å². The first-order valence-electron chi connectivity index (χ1n) is 9.09. The van der Waals surface area contributed by atoms with E-state index in [9.17, 15) is 9.59 Å². The Morgan fingerprint density at radius 1 is 1.21 bits per heavy atom. The second-order valence-electron chi connectivity index (χ2n) is 6.58. The van der Waals surface area contributed by atoms with Gasteiger partial charge in [0, 0.05) is 36.6 Å². The van der Waals surface area contributed by atoms with Crippen LogP contribution in [0.4, 0.5) is 5.69 Å². The molecule has 1 amide bonds. The fraction of sp³-hybridized carbons (Fsp3) is 0.300. The molecule has 0 radical (unpaired) electrons. The average molecular weight is 383 g/mol. The van der Waals surface area contributed by atoms with Crippen LogP contribution in [0.2, 0.25) is 0 Å². The molecule has 8 nitrogen and oxygen atoms in total. The predicted octanol–water partition coefficient (Wildman–Crippen LogP) is 1.97. The quantitative estimate of drug-likeness (QED) is 0.676. The van der Waals surface area contributed by atoms with Gasteiger partial charge in [0.15, 0.2) is 6.61 Å². The summed E-state index contributed by atoms with van der Waals surface area (Å²) in [5, 5.41) is 3.80. The Labute approximate surface area is 161 Å². The summed E-state index contributed by atoms with van der Waals surface area (Å²) in [6, 6.07) is 8.91. The number of hydrogen-bond donors (Lipinski definition) is 2. The van der Waals surface area contributed by atoms with Gasteiger partial charge in [0.05, 0.1) is 19.8 Å². The molecular formula is C20H21N3O5. The summed E-state index contributed by atoms with van der Waals surface area (Å²) in [4.78, 5) is 29.5. The van der Waals surface area contributed by atoms with Gasteiger partial charge in [-0.1, -0.05) is 6.07 Å². The van der Waals surface area contributed by atoms with Gasteiger partial charge in [0.2, 0.25) is 11.2 Å². The summed E-state index contributed by atoms with van der Waals surface area (Å²) in [5.74, 6) is 0.214. The Hall–Kier alpha value is -3.10. The van der Waals surface area contributed by atoms with Crippen LogP contribution in [0.15, 0.2) is 52.0 Å². The molecule has 2 N–H and O–H groups in total. The van der Waals surface area contributed by atoms with E-state index >= 15 is 0 Å². The average Bonchev–Trinajstić information content (AvgIpc) is 3.16. The molecule has 146 valence electrons. The van der Waals surface area contributed by atoms with Crippen molar-refractivity contribution in [3.63, 3.8) is 0 Å². The zero-order valence-electron chi connectivity index (χ0n) is 15.3. The van der Waals surface area contributed by atoms with Crippen molar-refractivity contribution in [2.45, 2.75) is 6.54 Å². The molecule has 3 aromatic rings. The van der Waals surface area contributed by atoms with E-state index in [4.69, 9.17) is 13.9 Å². The summed E-state index contributed by atoms with van der Waals surface area (Å²) < 4.78 is 16.1. The van der Waals surface area contributed by atoms with Crippen LogP contribution in [0.1, 0.15) is 5.76 Å². The molecule has 2 aromatic heterocycles. The van der Waals surface area contributed by atoms with Crippen LogP contribution in [-0.4, -0.2) is 48.7 Å². The maximum atomic E-state index is 12.2. The number of carbonyl (C=O) groups is 1.